The first-order valence-corrected chi connectivity index (χ1v) is 12.7. The highest BCUT2D eigenvalue weighted by molar-refractivity contribution is 7.15. The zero-order chi connectivity index (χ0) is 27.5. The molecule has 0 amide bonds. The molecular weight excluding hydrogens is 544 g/mol. The SMILES string of the molecule is O=[N+]([O-])c1ccc(OC2CCC(OCCN3CCN(c4nnc(C(F)(F)F)s4)CC3)CC2)cc1C(F)(F)F. The average molecular weight is 570 g/mol. The molecule has 1 aliphatic heterocycles. The van der Waals surface area contributed by atoms with Crippen LogP contribution in [0, 0.1) is 10.1 Å². The quantitative estimate of drug-likeness (QED) is 0.249. The first-order chi connectivity index (χ1) is 17.9. The highest BCUT2D eigenvalue weighted by Crippen LogP contribution is 2.39. The lowest BCUT2D eigenvalue weighted by molar-refractivity contribution is -0.388. The van der Waals surface area contributed by atoms with Gasteiger partial charge in [-0.15, -0.1) is 10.2 Å². The molecule has 0 radical (unpaired) electrons. The van der Waals surface area contributed by atoms with E-state index in [1.54, 1.807) is 4.90 Å². The van der Waals surface area contributed by atoms with Gasteiger partial charge in [0.1, 0.15) is 11.3 Å². The fourth-order valence-corrected chi connectivity index (χ4v) is 5.22. The fourth-order valence-electron chi connectivity index (χ4n) is 4.45. The molecular formula is C22H25F6N5O4S. The fraction of sp³-hybridized carbons (Fsp3) is 0.636. The Morgan fingerprint density at radius 3 is 2.21 bits per heavy atom. The van der Waals surface area contributed by atoms with Crippen molar-refractivity contribution < 1.29 is 40.7 Å². The third-order valence-corrected chi connectivity index (χ3v) is 7.48. The number of anilines is 1. The smallest absolute Gasteiger partial charge is 0.445 e. The molecule has 38 heavy (non-hydrogen) atoms. The lowest BCUT2D eigenvalue weighted by Crippen LogP contribution is -2.47. The van der Waals surface area contributed by atoms with Gasteiger partial charge in [0.15, 0.2) is 0 Å². The van der Waals surface area contributed by atoms with Crippen molar-refractivity contribution in [2.24, 2.45) is 0 Å². The molecule has 1 saturated heterocycles. The summed E-state index contributed by atoms with van der Waals surface area (Å²) in [5.41, 5.74) is -2.36. The van der Waals surface area contributed by atoms with Gasteiger partial charge in [-0.05, 0) is 37.8 Å². The number of benzene rings is 1. The number of halogens is 6. The normalized spacial score (nSPS) is 21.5. The second kappa shape index (κ2) is 11.6. The highest BCUT2D eigenvalue weighted by atomic mass is 32.1. The second-order valence-corrected chi connectivity index (χ2v) is 9.99. The van der Waals surface area contributed by atoms with Gasteiger partial charge in [-0.25, -0.2) is 0 Å². The summed E-state index contributed by atoms with van der Waals surface area (Å²) in [4.78, 5) is 13.8. The van der Waals surface area contributed by atoms with Gasteiger partial charge < -0.3 is 14.4 Å². The molecule has 0 spiro atoms. The number of aromatic nitrogens is 2. The van der Waals surface area contributed by atoms with Crippen LogP contribution in [-0.4, -0.2) is 71.6 Å². The number of alkyl halides is 6. The van der Waals surface area contributed by atoms with Gasteiger partial charge in [0.05, 0.1) is 23.7 Å². The maximum atomic E-state index is 13.2. The van der Waals surface area contributed by atoms with Crippen molar-refractivity contribution in [3.63, 3.8) is 0 Å². The number of nitro benzene ring substituents is 1. The minimum atomic E-state index is -4.87. The first kappa shape index (κ1) is 28.3. The monoisotopic (exact) mass is 569 g/mol. The Morgan fingerprint density at radius 1 is 0.974 bits per heavy atom. The van der Waals surface area contributed by atoms with Gasteiger partial charge in [-0.1, -0.05) is 11.3 Å². The van der Waals surface area contributed by atoms with Gasteiger partial charge >= 0.3 is 12.4 Å². The maximum Gasteiger partial charge on any atom is 0.445 e. The van der Waals surface area contributed by atoms with Crippen molar-refractivity contribution in [2.45, 2.75) is 50.2 Å². The van der Waals surface area contributed by atoms with Gasteiger partial charge in [0.2, 0.25) is 10.1 Å². The Kier molecular flexibility index (Phi) is 8.62. The molecule has 4 rings (SSSR count). The van der Waals surface area contributed by atoms with Crippen LogP contribution in [-0.2, 0) is 17.1 Å². The number of rotatable bonds is 8. The third kappa shape index (κ3) is 7.22. The molecule has 1 aromatic carbocycles. The van der Waals surface area contributed by atoms with E-state index in [4.69, 9.17) is 9.47 Å². The van der Waals surface area contributed by atoms with Crippen LogP contribution >= 0.6 is 11.3 Å². The Hall–Kier alpha value is -2.72. The van der Waals surface area contributed by atoms with E-state index in [1.165, 1.54) is 6.07 Å². The molecule has 2 fully saturated rings. The van der Waals surface area contributed by atoms with Crippen molar-refractivity contribution in [3.8, 4) is 5.75 Å². The van der Waals surface area contributed by atoms with Crippen LogP contribution in [0.5, 0.6) is 5.75 Å². The third-order valence-electron chi connectivity index (χ3n) is 6.45. The highest BCUT2D eigenvalue weighted by Gasteiger charge is 2.39. The number of nitro groups is 1. The van der Waals surface area contributed by atoms with E-state index in [2.05, 4.69) is 15.1 Å². The molecule has 0 atom stereocenters. The molecule has 0 unspecified atom stereocenters. The number of nitrogens with zero attached hydrogens (tertiary/aromatic N) is 5. The molecule has 1 saturated carbocycles. The summed E-state index contributed by atoms with van der Waals surface area (Å²) in [6.07, 6.45) is -7.22. The van der Waals surface area contributed by atoms with Crippen LogP contribution in [0.1, 0.15) is 36.3 Å². The standard InChI is InChI=1S/C22H25F6N5O4S/c23-21(24,25)17-13-16(5-6-18(17)33(34)35)37-15-3-1-14(2-4-15)36-12-11-31-7-9-32(10-8-31)20-30-29-19(38-20)22(26,27)28/h5-6,13-15H,1-4,7-12H2. The molecule has 1 aliphatic carbocycles. The van der Waals surface area contributed by atoms with E-state index in [0.29, 0.717) is 82.4 Å². The van der Waals surface area contributed by atoms with E-state index in [1.807, 2.05) is 0 Å². The van der Waals surface area contributed by atoms with Crippen molar-refractivity contribution in [3.05, 3.63) is 38.9 Å². The van der Waals surface area contributed by atoms with Crippen molar-refractivity contribution in [1.29, 1.82) is 0 Å². The lowest BCUT2D eigenvalue weighted by Gasteiger charge is -2.35. The summed E-state index contributed by atoms with van der Waals surface area (Å²) in [5, 5.41) is 17.1. The van der Waals surface area contributed by atoms with Gasteiger partial charge in [-0.3, -0.25) is 15.0 Å². The van der Waals surface area contributed by atoms with E-state index in [0.717, 1.165) is 6.07 Å². The Labute approximate surface area is 217 Å². The van der Waals surface area contributed by atoms with E-state index < -0.39 is 33.5 Å². The summed E-state index contributed by atoms with van der Waals surface area (Å²) in [6, 6.07) is 2.65. The molecule has 210 valence electrons. The summed E-state index contributed by atoms with van der Waals surface area (Å²) in [5.74, 6) is -0.0606. The number of ether oxygens (including phenoxy) is 2. The lowest BCUT2D eigenvalue weighted by atomic mass is 9.95. The molecule has 1 aromatic heterocycles. The minimum Gasteiger partial charge on any atom is -0.490 e. The van der Waals surface area contributed by atoms with Gasteiger partial charge in [-0.2, -0.15) is 26.3 Å². The molecule has 0 bridgehead atoms. The number of hydrogen-bond donors (Lipinski definition) is 0. The van der Waals surface area contributed by atoms with E-state index >= 15 is 0 Å². The van der Waals surface area contributed by atoms with Crippen LogP contribution in [0.2, 0.25) is 0 Å². The van der Waals surface area contributed by atoms with Gasteiger partial charge in [0.25, 0.3) is 5.69 Å². The first-order valence-electron chi connectivity index (χ1n) is 11.9. The molecule has 0 N–H and O–H groups in total. The van der Waals surface area contributed by atoms with E-state index in [-0.39, 0.29) is 23.1 Å². The Morgan fingerprint density at radius 2 is 1.63 bits per heavy atom. The van der Waals surface area contributed by atoms with Crippen LogP contribution in [0.4, 0.5) is 37.2 Å². The summed E-state index contributed by atoms with van der Waals surface area (Å²) < 4.78 is 89.4. The number of piperazine rings is 1. The molecule has 16 heteroatoms. The topological polar surface area (TPSA) is 93.9 Å². The second-order valence-electron chi connectivity index (χ2n) is 9.04. The molecule has 2 aromatic rings. The predicted octanol–water partition coefficient (Wildman–Crippen LogP) is 5.01. The van der Waals surface area contributed by atoms with Crippen LogP contribution in [0.3, 0.4) is 0 Å². The maximum absolute atomic E-state index is 13.2. The largest absolute Gasteiger partial charge is 0.490 e. The van der Waals surface area contributed by atoms with Gasteiger partial charge in [0, 0.05) is 38.8 Å². The van der Waals surface area contributed by atoms with Crippen molar-refractivity contribution in [2.75, 3.05) is 44.2 Å². The number of hydrogen-bond acceptors (Lipinski definition) is 9. The molecule has 2 aliphatic rings. The minimum absolute atomic E-state index is 0.0130. The zero-order valence-corrected chi connectivity index (χ0v) is 20.8. The van der Waals surface area contributed by atoms with Crippen molar-refractivity contribution in [1.82, 2.24) is 15.1 Å². The van der Waals surface area contributed by atoms with Crippen LogP contribution in [0.25, 0.3) is 0 Å². The molecule has 9 nitrogen and oxygen atoms in total. The Bertz CT molecular complexity index is 1100. The molecule has 2 heterocycles. The average Bonchev–Trinajstić information content (AvgIpc) is 3.36. The summed E-state index contributed by atoms with van der Waals surface area (Å²) in [7, 11) is 0. The Balaban J connectivity index is 1.16. The van der Waals surface area contributed by atoms with Crippen LogP contribution < -0.4 is 9.64 Å². The predicted molar refractivity (Wildman–Crippen MR) is 124 cm³/mol. The van der Waals surface area contributed by atoms with Crippen molar-refractivity contribution >= 4 is 22.2 Å². The summed E-state index contributed by atoms with van der Waals surface area (Å²) >= 11 is 0.536. The van der Waals surface area contributed by atoms with E-state index in [9.17, 15) is 36.5 Å². The van der Waals surface area contributed by atoms with Crippen LogP contribution in [0.15, 0.2) is 18.2 Å². The summed E-state index contributed by atoms with van der Waals surface area (Å²) in [6.45, 7) is 3.52. The zero-order valence-electron chi connectivity index (χ0n) is 20.0.